The number of hydrogen-bond acceptors (Lipinski definition) is 3. The number of primary amides is 1. The molecule has 1 aliphatic rings. The van der Waals surface area contributed by atoms with Crippen LogP contribution in [0.5, 0.6) is 0 Å². The fourth-order valence-corrected chi connectivity index (χ4v) is 1.25. The summed E-state index contributed by atoms with van der Waals surface area (Å²) in [5.74, 6) is -0.272. The Balaban J connectivity index is 2.39. The SMILES string of the molecule is NC(=O)[C@@H]1C[C@H](S)CN1. The van der Waals surface area contributed by atoms with Crippen LogP contribution < -0.4 is 11.1 Å². The highest BCUT2D eigenvalue weighted by Gasteiger charge is 2.24. The van der Waals surface area contributed by atoms with E-state index in [1.165, 1.54) is 0 Å². The molecule has 3 N–H and O–H groups in total. The summed E-state index contributed by atoms with van der Waals surface area (Å²) in [7, 11) is 0. The molecule has 0 aromatic carbocycles. The second-order valence-electron chi connectivity index (χ2n) is 2.25. The van der Waals surface area contributed by atoms with Crippen LogP contribution >= 0.6 is 12.6 Å². The first-order chi connectivity index (χ1) is 4.20. The Hall–Kier alpha value is -0.220. The topological polar surface area (TPSA) is 55.1 Å². The van der Waals surface area contributed by atoms with Crippen molar-refractivity contribution in [1.82, 2.24) is 5.32 Å². The number of nitrogens with two attached hydrogens (primary N) is 1. The second-order valence-corrected chi connectivity index (χ2v) is 2.98. The van der Waals surface area contributed by atoms with Crippen LogP contribution in [0.15, 0.2) is 0 Å². The highest BCUT2D eigenvalue weighted by Crippen LogP contribution is 2.10. The molecular weight excluding hydrogens is 136 g/mol. The van der Waals surface area contributed by atoms with Gasteiger partial charge in [-0.2, -0.15) is 12.6 Å². The van der Waals surface area contributed by atoms with Crippen molar-refractivity contribution in [1.29, 1.82) is 0 Å². The van der Waals surface area contributed by atoms with Crippen LogP contribution in [0, 0.1) is 0 Å². The molecule has 0 aromatic heterocycles. The average Bonchev–Trinajstić information content (AvgIpc) is 2.14. The minimum absolute atomic E-state index is 0.146. The number of thiol groups is 1. The average molecular weight is 146 g/mol. The van der Waals surface area contributed by atoms with E-state index in [2.05, 4.69) is 17.9 Å². The zero-order valence-electron chi connectivity index (χ0n) is 5.00. The molecule has 1 amide bonds. The highest BCUT2D eigenvalue weighted by atomic mass is 32.1. The summed E-state index contributed by atoms with van der Waals surface area (Å²) < 4.78 is 0. The smallest absolute Gasteiger partial charge is 0.234 e. The Labute approximate surface area is 59.4 Å². The van der Waals surface area contributed by atoms with Gasteiger partial charge in [-0.05, 0) is 6.42 Å². The highest BCUT2D eigenvalue weighted by molar-refractivity contribution is 7.81. The first kappa shape index (κ1) is 6.89. The maximum Gasteiger partial charge on any atom is 0.234 e. The molecule has 1 fully saturated rings. The van der Waals surface area contributed by atoms with E-state index in [0.717, 1.165) is 13.0 Å². The van der Waals surface area contributed by atoms with Gasteiger partial charge in [-0.25, -0.2) is 0 Å². The Kier molecular flexibility index (Phi) is 1.97. The summed E-state index contributed by atoms with van der Waals surface area (Å²) in [4.78, 5) is 10.5. The van der Waals surface area contributed by atoms with Crippen molar-refractivity contribution in [2.45, 2.75) is 17.7 Å². The third-order valence-corrected chi connectivity index (χ3v) is 1.84. The van der Waals surface area contributed by atoms with Gasteiger partial charge in [-0.15, -0.1) is 0 Å². The number of nitrogens with one attached hydrogen (secondary N) is 1. The van der Waals surface area contributed by atoms with Gasteiger partial charge in [0.1, 0.15) is 0 Å². The molecule has 1 rings (SSSR count). The normalized spacial score (nSPS) is 34.8. The molecule has 0 unspecified atom stereocenters. The fraction of sp³-hybridized carbons (Fsp3) is 0.800. The van der Waals surface area contributed by atoms with Crippen molar-refractivity contribution in [3.05, 3.63) is 0 Å². The maximum absolute atomic E-state index is 10.5. The van der Waals surface area contributed by atoms with Crippen LogP contribution in [0.2, 0.25) is 0 Å². The van der Waals surface area contributed by atoms with Gasteiger partial charge in [-0.3, -0.25) is 4.79 Å². The van der Waals surface area contributed by atoms with Crippen LogP contribution in [0.25, 0.3) is 0 Å². The van der Waals surface area contributed by atoms with Crippen molar-refractivity contribution < 1.29 is 4.79 Å². The molecule has 1 aliphatic heterocycles. The third kappa shape index (κ3) is 1.59. The van der Waals surface area contributed by atoms with Crippen LogP contribution in [-0.4, -0.2) is 23.7 Å². The Morgan fingerprint density at radius 1 is 1.78 bits per heavy atom. The van der Waals surface area contributed by atoms with Gasteiger partial charge in [-0.1, -0.05) is 0 Å². The van der Waals surface area contributed by atoms with Crippen molar-refractivity contribution in [2.24, 2.45) is 5.73 Å². The number of hydrogen-bond donors (Lipinski definition) is 3. The van der Waals surface area contributed by atoms with Crippen LogP contribution in [0.4, 0.5) is 0 Å². The molecular formula is C5H10N2OS. The van der Waals surface area contributed by atoms with Crippen molar-refractivity contribution in [3.63, 3.8) is 0 Å². The van der Waals surface area contributed by atoms with E-state index in [0.29, 0.717) is 5.25 Å². The number of rotatable bonds is 1. The standard InChI is InChI=1S/C5H10N2OS/c6-5(8)4-1-3(9)2-7-4/h3-4,7,9H,1-2H2,(H2,6,8)/t3-,4-/m0/s1. The van der Waals surface area contributed by atoms with E-state index in [1.54, 1.807) is 0 Å². The van der Waals surface area contributed by atoms with Gasteiger partial charge < -0.3 is 11.1 Å². The van der Waals surface area contributed by atoms with Gasteiger partial charge in [0.2, 0.25) is 5.91 Å². The first-order valence-corrected chi connectivity index (χ1v) is 3.42. The van der Waals surface area contributed by atoms with Crippen molar-refractivity contribution >= 4 is 18.5 Å². The summed E-state index contributed by atoms with van der Waals surface area (Å²) in [6.07, 6.45) is 0.762. The van der Waals surface area contributed by atoms with Gasteiger partial charge in [0.25, 0.3) is 0 Å². The third-order valence-electron chi connectivity index (χ3n) is 1.45. The van der Waals surface area contributed by atoms with Crippen LogP contribution in [0.3, 0.4) is 0 Å². The lowest BCUT2D eigenvalue weighted by Gasteiger charge is -2.01. The predicted molar refractivity (Wildman–Crippen MR) is 38.4 cm³/mol. The Morgan fingerprint density at radius 3 is 2.67 bits per heavy atom. The van der Waals surface area contributed by atoms with Gasteiger partial charge in [0, 0.05) is 11.8 Å². The van der Waals surface area contributed by atoms with Crippen LogP contribution in [-0.2, 0) is 4.79 Å². The minimum atomic E-state index is -0.272. The monoisotopic (exact) mass is 146 g/mol. The van der Waals surface area contributed by atoms with Gasteiger partial charge >= 0.3 is 0 Å². The molecule has 0 bridgehead atoms. The summed E-state index contributed by atoms with van der Waals surface area (Å²) >= 11 is 4.18. The zero-order chi connectivity index (χ0) is 6.85. The molecule has 0 radical (unpaired) electrons. The van der Waals surface area contributed by atoms with E-state index in [1.807, 2.05) is 0 Å². The molecule has 2 atom stereocenters. The first-order valence-electron chi connectivity index (χ1n) is 2.91. The number of carbonyl (C=O) groups is 1. The second kappa shape index (κ2) is 2.58. The lowest BCUT2D eigenvalue weighted by Crippen LogP contribution is -2.36. The summed E-state index contributed by atoms with van der Waals surface area (Å²) in [6, 6.07) is -0.146. The predicted octanol–water partition coefficient (Wildman–Crippen LogP) is -0.868. The molecule has 0 saturated carbocycles. The molecule has 0 aliphatic carbocycles. The number of amides is 1. The quantitative estimate of drug-likeness (QED) is 0.421. The lowest BCUT2D eigenvalue weighted by molar-refractivity contribution is -0.119. The van der Waals surface area contributed by atoms with Crippen LogP contribution in [0.1, 0.15) is 6.42 Å². The molecule has 1 saturated heterocycles. The van der Waals surface area contributed by atoms with Crippen molar-refractivity contribution in [3.8, 4) is 0 Å². The molecule has 52 valence electrons. The van der Waals surface area contributed by atoms with E-state index >= 15 is 0 Å². The Bertz CT molecular complexity index is 128. The summed E-state index contributed by atoms with van der Waals surface area (Å²) in [5, 5.41) is 3.25. The zero-order valence-corrected chi connectivity index (χ0v) is 5.90. The summed E-state index contributed by atoms with van der Waals surface area (Å²) in [6.45, 7) is 0.788. The van der Waals surface area contributed by atoms with E-state index in [4.69, 9.17) is 5.73 Å². The molecule has 4 heteroatoms. The molecule has 3 nitrogen and oxygen atoms in total. The van der Waals surface area contributed by atoms with Crippen molar-refractivity contribution in [2.75, 3.05) is 6.54 Å². The molecule has 0 aromatic rings. The number of carbonyl (C=O) groups excluding carboxylic acids is 1. The largest absolute Gasteiger partial charge is 0.368 e. The van der Waals surface area contributed by atoms with E-state index in [9.17, 15) is 4.79 Å². The summed E-state index contributed by atoms with van der Waals surface area (Å²) in [5.41, 5.74) is 5.02. The Morgan fingerprint density at radius 2 is 2.44 bits per heavy atom. The molecule has 9 heavy (non-hydrogen) atoms. The van der Waals surface area contributed by atoms with Gasteiger partial charge in [0.05, 0.1) is 6.04 Å². The fourth-order valence-electron chi connectivity index (χ4n) is 0.934. The maximum atomic E-state index is 10.5. The van der Waals surface area contributed by atoms with E-state index in [-0.39, 0.29) is 11.9 Å². The molecule has 1 heterocycles. The minimum Gasteiger partial charge on any atom is -0.368 e. The van der Waals surface area contributed by atoms with E-state index < -0.39 is 0 Å². The molecule has 0 spiro atoms. The van der Waals surface area contributed by atoms with Gasteiger partial charge in [0.15, 0.2) is 0 Å². The lowest BCUT2D eigenvalue weighted by atomic mass is 10.2.